The van der Waals surface area contributed by atoms with Gasteiger partial charge in [0, 0.05) is 54.6 Å². The fourth-order valence-electron chi connectivity index (χ4n) is 5.71. The third-order valence-corrected chi connectivity index (χ3v) is 6.54. The molecule has 7 nitrogen and oxygen atoms in total. The lowest BCUT2D eigenvalue weighted by Gasteiger charge is -2.47. The van der Waals surface area contributed by atoms with Gasteiger partial charge in [-0.25, -0.2) is 9.97 Å². The van der Waals surface area contributed by atoms with Crippen molar-refractivity contribution in [3.8, 4) is 0 Å². The van der Waals surface area contributed by atoms with Gasteiger partial charge in [0.05, 0.1) is 11.9 Å². The number of pyridine rings is 1. The van der Waals surface area contributed by atoms with E-state index < -0.39 is 0 Å². The lowest BCUT2D eigenvalue weighted by molar-refractivity contribution is -0.134. The molecule has 2 aromatic rings. The Morgan fingerprint density at radius 3 is 2.50 bits per heavy atom. The quantitative estimate of drug-likeness (QED) is 0.728. The maximum atomic E-state index is 13.2. The van der Waals surface area contributed by atoms with E-state index in [4.69, 9.17) is 0 Å². The highest BCUT2D eigenvalue weighted by Crippen LogP contribution is 2.35. The number of likely N-dealkylation sites (tertiary alicyclic amines) is 1. The van der Waals surface area contributed by atoms with E-state index in [9.17, 15) is 4.79 Å². The van der Waals surface area contributed by atoms with E-state index in [2.05, 4.69) is 64.2 Å². The summed E-state index contributed by atoms with van der Waals surface area (Å²) in [4.78, 5) is 28.3. The van der Waals surface area contributed by atoms with Crippen LogP contribution in [0, 0.1) is 5.92 Å². The van der Waals surface area contributed by atoms with Crippen LogP contribution in [0.1, 0.15) is 71.4 Å². The molecule has 0 saturated carbocycles. The molecule has 7 heteroatoms. The average Bonchev–Trinajstić information content (AvgIpc) is 2.73. The molecule has 2 aromatic heterocycles. The second-order valence-corrected chi connectivity index (χ2v) is 10.7. The van der Waals surface area contributed by atoms with Crippen LogP contribution in [0.25, 0.3) is 0 Å². The van der Waals surface area contributed by atoms with E-state index in [0.717, 1.165) is 50.2 Å². The van der Waals surface area contributed by atoms with Crippen LogP contribution in [0.5, 0.6) is 0 Å². The van der Waals surface area contributed by atoms with E-state index in [1.54, 1.807) is 18.5 Å². The molecular formula is C25H36N6O. The van der Waals surface area contributed by atoms with E-state index in [-0.39, 0.29) is 17.0 Å². The Labute approximate surface area is 191 Å². The van der Waals surface area contributed by atoms with Gasteiger partial charge in [0.15, 0.2) is 0 Å². The van der Waals surface area contributed by atoms with Gasteiger partial charge in [0.25, 0.3) is 0 Å². The normalized spacial score (nSPS) is 23.0. The highest BCUT2D eigenvalue weighted by Gasteiger charge is 2.39. The van der Waals surface area contributed by atoms with Crippen LogP contribution in [0.15, 0.2) is 36.8 Å². The SMILES string of the molecule is CC1(C)CC(CC(=O)N2CCC[C@H](c3ccc(Nc4ncccn4)cn3)C2)CC(C)(C)N1. The fraction of sp³-hybridized carbons (Fsp3) is 0.600. The van der Waals surface area contributed by atoms with Crippen molar-refractivity contribution in [2.45, 2.75) is 76.8 Å². The molecule has 2 N–H and O–H groups in total. The number of hydrogen-bond acceptors (Lipinski definition) is 6. The monoisotopic (exact) mass is 436 g/mol. The van der Waals surface area contributed by atoms with Crippen LogP contribution in [0.3, 0.4) is 0 Å². The molecule has 0 aliphatic carbocycles. The molecule has 0 bridgehead atoms. The number of amides is 1. The summed E-state index contributed by atoms with van der Waals surface area (Å²) in [6.07, 6.45) is 10.1. The van der Waals surface area contributed by atoms with Gasteiger partial charge in [0.1, 0.15) is 0 Å². The lowest BCUT2D eigenvalue weighted by atomic mass is 9.74. The van der Waals surface area contributed by atoms with Gasteiger partial charge >= 0.3 is 0 Å². The first-order valence-electron chi connectivity index (χ1n) is 11.8. The van der Waals surface area contributed by atoms with Crippen molar-refractivity contribution in [2.75, 3.05) is 18.4 Å². The largest absolute Gasteiger partial charge is 0.342 e. The highest BCUT2D eigenvalue weighted by atomic mass is 16.2. The van der Waals surface area contributed by atoms with Crippen molar-refractivity contribution in [1.82, 2.24) is 25.2 Å². The number of nitrogens with one attached hydrogen (secondary N) is 2. The molecule has 4 rings (SSSR count). The molecule has 0 aromatic carbocycles. The van der Waals surface area contributed by atoms with Crippen LogP contribution >= 0.6 is 0 Å². The summed E-state index contributed by atoms with van der Waals surface area (Å²) in [5, 5.41) is 6.88. The van der Waals surface area contributed by atoms with Crippen LogP contribution in [0.4, 0.5) is 11.6 Å². The van der Waals surface area contributed by atoms with Crippen LogP contribution in [-0.2, 0) is 4.79 Å². The number of carbonyl (C=O) groups is 1. The molecule has 32 heavy (non-hydrogen) atoms. The number of nitrogens with zero attached hydrogens (tertiary/aromatic N) is 4. The third kappa shape index (κ3) is 5.82. The number of carbonyl (C=O) groups excluding carboxylic acids is 1. The van der Waals surface area contributed by atoms with Crippen molar-refractivity contribution in [3.05, 3.63) is 42.5 Å². The van der Waals surface area contributed by atoms with Gasteiger partial charge in [-0.2, -0.15) is 0 Å². The van der Waals surface area contributed by atoms with Crippen molar-refractivity contribution in [3.63, 3.8) is 0 Å². The van der Waals surface area contributed by atoms with E-state index in [1.165, 1.54) is 0 Å². The first kappa shape index (κ1) is 22.6. The van der Waals surface area contributed by atoms with Crippen molar-refractivity contribution in [1.29, 1.82) is 0 Å². The van der Waals surface area contributed by atoms with Gasteiger partial charge in [-0.05, 0) is 77.5 Å². The van der Waals surface area contributed by atoms with Gasteiger partial charge in [-0.3, -0.25) is 9.78 Å². The van der Waals surface area contributed by atoms with Crippen molar-refractivity contribution < 1.29 is 4.79 Å². The van der Waals surface area contributed by atoms with Crippen molar-refractivity contribution in [2.24, 2.45) is 5.92 Å². The standard InChI is InChI=1S/C25H36N6O/c1-24(2)14-18(15-25(3,4)30-24)13-22(32)31-12-5-7-19(17-31)21-9-8-20(16-28-21)29-23-26-10-6-11-27-23/h6,8-11,16,18-19,30H,5,7,12-15,17H2,1-4H3,(H,26,27,29)/t19-/m0/s1. The summed E-state index contributed by atoms with van der Waals surface area (Å²) in [5.74, 6) is 1.57. The Morgan fingerprint density at radius 2 is 1.84 bits per heavy atom. The van der Waals surface area contributed by atoms with Gasteiger partial charge < -0.3 is 15.5 Å². The summed E-state index contributed by atoms with van der Waals surface area (Å²) in [6.45, 7) is 10.6. The summed E-state index contributed by atoms with van der Waals surface area (Å²) < 4.78 is 0. The Morgan fingerprint density at radius 1 is 1.12 bits per heavy atom. The van der Waals surface area contributed by atoms with Crippen LogP contribution < -0.4 is 10.6 Å². The minimum Gasteiger partial charge on any atom is -0.342 e. The maximum absolute atomic E-state index is 13.2. The minimum atomic E-state index is 0.0711. The average molecular weight is 437 g/mol. The fourth-order valence-corrected chi connectivity index (χ4v) is 5.71. The summed E-state index contributed by atoms with van der Waals surface area (Å²) in [6, 6.07) is 5.86. The molecular weight excluding hydrogens is 400 g/mol. The molecule has 0 spiro atoms. The minimum absolute atomic E-state index is 0.0711. The molecule has 0 unspecified atom stereocenters. The highest BCUT2D eigenvalue weighted by molar-refractivity contribution is 5.76. The number of aromatic nitrogens is 3. The van der Waals surface area contributed by atoms with Gasteiger partial charge in [0.2, 0.25) is 11.9 Å². The third-order valence-electron chi connectivity index (χ3n) is 6.54. The molecule has 2 aliphatic heterocycles. The molecule has 4 heterocycles. The Balaban J connectivity index is 1.35. The Hall–Kier alpha value is -2.54. The molecule has 2 fully saturated rings. The second-order valence-electron chi connectivity index (χ2n) is 10.7. The number of piperidine rings is 2. The zero-order valence-electron chi connectivity index (χ0n) is 19.8. The predicted octanol–water partition coefficient (Wildman–Crippen LogP) is 4.27. The molecule has 2 aliphatic rings. The smallest absolute Gasteiger partial charge is 0.227 e. The zero-order chi connectivity index (χ0) is 22.8. The number of rotatable bonds is 5. The first-order valence-corrected chi connectivity index (χ1v) is 11.8. The number of hydrogen-bond donors (Lipinski definition) is 2. The maximum Gasteiger partial charge on any atom is 0.227 e. The molecule has 2 saturated heterocycles. The summed E-state index contributed by atoms with van der Waals surface area (Å²) in [5.41, 5.74) is 2.05. The van der Waals surface area contributed by atoms with Crippen LogP contribution in [0.2, 0.25) is 0 Å². The van der Waals surface area contributed by atoms with Crippen LogP contribution in [-0.4, -0.2) is 49.9 Å². The summed E-state index contributed by atoms with van der Waals surface area (Å²) >= 11 is 0. The van der Waals surface area contributed by atoms with Gasteiger partial charge in [-0.1, -0.05) is 0 Å². The molecule has 1 amide bonds. The van der Waals surface area contributed by atoms with Crippen molar-refractivity contribution >= 4 is 17.5 Å². The van der Waals surface area contributed by atoms with E-state index in [1.807, 2.05) is 12.3 Å². The molecule has 172 valence electrons. The molecule has 1 atom stereocenters. The predicted molar refractivity (Wildman–Crippen MR) is 127 cm³/mol. The lowest BCUT2D eigenvalue weighted by Crippen LogP contribution is -2.58. The number of anilines is 2. The molecule has 0 radical (unpaired) electrons. The first-order chi connectivity index (χ1) is 15.2. The Kier molecular flexibility index (Phi) is 6.47. The van der Waals surface area contributed by atoms with Gasteiger partial charge in [-0.15, -0.1) is 0 Å². The topological polar surface area (TPSA) is 83.0 Å². The summed E-state index contributed by atoms with van der Waals surface area (Å²) in [7, 11) is 0. The second kappa shape index (κ2) is 9.14. The van der Waals surface area contributed by atoms with E-state index in [0.29, 0.717) is 24.2 Å². The van der Waals surface area contributed by atoms with E-state index >= 15 is 0 Å². The zero-order valence-corrected chi connectivity index (χ0v) is 19.8. The Bertz CT molecular complexity index is 896.